The van der Waals surface area contributed by atoms with Crippen LogP contribution < -0.4 is 9.62 Å². The van der Waals surface area contributed by atoms with Crippen molar-refractivity contribution in [3.8, 4) is 0 Å². The predicted molar refractivity (Wildman–Crippen MR) is 143 cm³/mol. The number of anilines is 1. The maximum atomic E-state index is 13.6. The van der Waals surface area contributed by atoms with E-state index in [2.05, 4.69) is 5.32 Å². The molecule has 2 aromatic rings. The molecule has 0 aromatic heterocycles. The van der Waals surface area contributed by atoms with Gasteiger partial charge in [0, 0.05) is 28.2 Å². The molecule has 0 unspecified atom stereocenters. The summed E-state index contributed by atoms with van der Waals surface area (Å²) in [5.41, 5.74) is 0.474. The molecule has 12 heteroatoms. The Morgan fingerprint density at radius 1 is 0.971 bits per heavy atom. The summed E-state index contributed by atoms with van der Waals surface area (Å²) in [5.74, 6) is -1.06. The van der Waals surface area contributed by atoms with E-state index in [1.54, 1.807) is 25.1 Å². The van der Waals surface area contributed by atoms with Gasteiger partial charge in [0.1, 0.15) is 12.6 Å². The molecule has 2 rings (SSSR count). The fraction of sp³-hybridized carbons (Fsp3) is 0.391. The van der Waals surface area contributed by atoms with Crippen LogP contribution in [0.25, 0.3) is 0 Å². The molecule has 7 nitrogen and oxygen atoms in total. The number of benzene rings is 2. The first-order chi connectivity index (χ1) is 16.3. The van der Waals surface area contributed by atoms with Gasteiger partial charge in [-0.15, -0.1) is 0 Å². The summed E-state index contributed by atoms with van der Waals surface area (Å²) in [6.45, 7) is 4.57. The monoisotopic (exact) mass is 581 g/mol. The van der Waals surface area contributed by atoms with Crippen LogP contribution >= 0.6 is 46.4 Å². The van der Waals surface area contributed by atoms with Crippen LogP contribution in [0.3, 0.4) is 0 Å². The average Bonchev–Trinajstić information content (AvgIpc) is 2.78. The molecule has 1 N–H and O–H groups in total. The SMILES string of the molecule is CC[C@@H](C)NC(=O)[C@@H](C)N(Cc1c(Cl)cccc1Cl)C(=O)CN(c1cccc(Cl)c1Cl)S(C)(=O)=O. The second kappa shape index (κ2) is 12.5. The van der Waals surface area contributed by atoms with Gasteiger partial charge >= 0.3 is 0 Å². The van der Waals surface area contributed by atoms with Crippen LogP contribution in [0.4, 0.5) is 5.69 Å². The van der Waals surface area contributed by atoms with Gasteiger partial charge < -0.3 is 10.2 Å². The third kappa shape index (κ3) is 7.64. The quantitative estimate of drug-likeness (QED) is 0.406. The maximum absolute atomic E-state index is 13.6. The molecule has 0 aliphatic carbocycles. The number of sulfonamides is 1. The number of hydrogen-bond donors (Lipinski definition) is 1. The van der Waals surface area contributed by atoms with E-state index in [1.807, 2.05) is 13.8 Å². The topological polar surface area (TPSA) is 86.8 Å². The standard InChI is InChI=1S/C23H27Cl4N3O4S/c1-5-14(2)28-23(32)15(3)29(12-16-17(24)8-6-9-18(16)25)21(31)13-30(35(4,33)34)20-11-7-10-19(26)22(20)27/h6-11,14-15H,5,12-13H2,1-4H3,(H,28,32)/t14-,15-/m1/s1. The average molecular weight is 583 g/mol. The molecule has 0 saturated carbocycles. The highest BCUT2D eigenvalue weighted by Crippen LogP contribution is 2.34. The molecule has 2 amide bonds. The zero-order valence-electron chi connectivity index (χ0n) is 19.7. The molecule has 2 aromatic carbocycles. The van der Waals surface area contributed by atoms with Gasteiger partial charge in [0.05, 0.1) is 22.0 Å². The molecule has 192 valence electrons. The van der Waals surface area contributed by atoms with E-state index in [0.29, 0.717) is 22.0 Å². The summed E-state index contributed by atoms with van der Waals surface area (Å²) in [6.07, 6.45) is 1.64. The van der Waals surface area contributed by atoms with Crippen LogP contribution in [0.5, 0.6) is 0 Å². The van der Waals surface area contributed by atoms with Crippen molar-refractivity contribution >= 4 is 73.9 Å². The van der Waals surface area contributed by atoms with Gasteiger partial charge in [-0.05, 0) is 44.5 Å². The van der Waals surface area contributed by atoms with E-state index in [0.717, 1.165) is 10.6 Å². The largest absolute Gasteiger partial charge is 0.352 e. The number of hydrogen-bond acceptors (Lipinski definition) is 4. The van der Waals surface area contributed by atoms with Crippen LogP contribution in [0.2, 0.25) is 20.1 Å². The van der Waals surface area contributed by atoms with Gasteiger partial charge in [0.15, 0.2) is 0 Å². The van der Waals surface area contributed by atoms with Crippen molar-refractivity contribution < 1.29 is 18.0 Å². The molecule has 0 aliphatic rings. The third-order valence-electron chi connectivity index (χ3n) is 5.44. The summed E-state index contributed by atoms with van der Waals surface area (Å²) in [5, 5.41) is 3.57. The third-order valence-corrected chi connectivity index (χ3v) is 8.08. The van der Waals surface area contributed by atoms with E-state index in [1.165, 1.54) is 23.1 Å². The zero-order valence-corrected chi connectivity index (χ0v) is 23.5. The van der Waals surface area contributed by atoms with Crippen molar-refractivity contribution in [3.05, 3.63) is 62.1 Å². The zero-order chi connectivity index (χ0) is 26.5. The summed E-state index contributed by atoms with van der Waals surface area (Å²) in [4.78, 5) is 27.7. The minimum absolute atomic E-state index is 0.0179. The van der Waals surface area contributed by atoms with Crippen LogP contribution in [-0.4, -0.2) is 50.0 Å². The van der Waals surface area contributed by atoms with E-state index in [-0.39, 0.29) is 28.3 Å². The molecular weight excluding hydrogens is 556 g/mol. The Morgan fingerprint density at radius 2 is 1.51 bits per heavy atom. The Hall–Kier alpha value is -1.71. The van der Waals surface area contributed by atoms with Gasteiger partial charge in [-0.1, -0.05) is 65.5 Å². The Balaban J connectivity index is 2.49. The molecule has 0 radical (unpaired) electrons. The van der Waals surface area contributed by atoms with E-state index < -0.39 is 34.4 Å². The summed E-state index contributed by atoms with van der Waals surface area (Å²) in [7, 11) is -3.95. The van der Waals surface area contributed by atoms with Gasteiger partial charge in [-0.25, -0.2) is 8.42 Å². The van der Waals surface area contributed by atoms with Gasteiger partial charge in [-0.3, -0.25) is 13.9 Å². The maximum Gasteiger partial charge on any atom is 0.244 e. The normalized spacial score (nSPS) is 13.1. The summed E-state index contributed by atoms with van der Waals surface area (Å²) in [6, 6.07) is 8.28. The number of halogens is 4. The lowest BCUT2D eigenvalue weighted by Crippen LogP contribution is -2.52. The first kappa shape index (κ1) is 29.5. The molecule has 0 bridgehead atoms. The van der Waals surface area contributed by atoms with Gasteiger partial charge in [-0.2, -0.15) is 0 Å². The Labute approximate surface area is 226 Å². The second-order valence-corrected chi connectivity index (χ2v) is 11.6. The Bertz CT molecular complexity index is 1170. The highest BCUT2D eigenvalue weighted by Gasteiger charge is 2.32. The molecule has 35 heavy (non-hydrogen) atoms. The van der Waals surface area contributed by atoms with Gasteiger partial charge in [0.2, 0.25) is 21.8 Å². The van der Waals surface area contributed by atoms with Crippen molar-refractivity contribution in [2.24, 2.45) is 0 Å². The van der Waals surface area contributed by atoms with Crippen molar-refractivity contribution in [3.63, 3.8) is 0 Å². The molecule has 0 saturated heterocycles. The Morgan fingerprint density at radius 3 is 2.06 bits per heavy atom. The molecule has 0 heterocycles. The first-order valence-electron chi connectivity index (χ1n) is 10.7. The summed E-state index contributed by atoms with van der Waals surface area (Å²) < 4.78 is 26.1. The van der Waals surface area contributed by atoms with Crippen molar-refractivity contribution in [2.75, 3.05) is 17.1 Å². The minimum atomic E-state index is -3.95. The number of nitrogens with zero attached hydrogens (tertiary/aromatic N) is 2. The molecular formula is C23H27Cl4N3O4S. The fourth-order valence-electron chi connectivity index (χ4n) is 3.18. The first-order valence-corrected chi connectivity index (χ1v) is 14.1. The van der Waals surface area contributed by atoms with Crippen molar-refractivity contribution in [2.45, 2.75) is 45.8 Å². The number of carbonyl (C=O) groups is 2. The van der Waals surface area contributed by atoms with Crippen LogP contribution in [0.1, 0.15) is 32.8 Å². The van der Waals surface area contributed by atoms with Crippen LogP contribution in [0, 0.1) is 0 Å². The van der Waals surface area contributed by atoms with Crippen molar-refractivity contribution in [1.82, 2.24) is 10.2 Å². The predicted octanol–water partition coefficient (Wildman–Crippen LogP) is 5.40. The van der Waals surface area contributed by atoms with Crippen LogP contribution in [-0.2, 0) is 26.2 Å². The second-order valence-electron chi connectivity index (χ2n) is 8.06. The molecule has 0 aliphatic heterocycles. The van der Waals surface area contributed by atoms with Crippen molar-refractivity contribution in [1.29, 1.82) is 0 Å². The molecule has 0 fully saturated rings. The van der Waals surface area contributed by atoms with E-state index in [9.17, 15) is 18.0 Å². The Kier molecular flexibility index (Phi) is 10.5. The number of amides is 2. The highest BCUT2D eigenvalue weighted by molar-refractivity contribution is 7.92. The van der Waals surface area contributed by atoms with E-state index in [4.69, 9.17) is 46.4 Å². The lowest BCUT2D eigenvalue weighted by Gasteiger charge is -2.32. The number of carbonyl (C=O) groups excluding carboxylic acids is 2. The molecule has 2 atom stereocenters. The minimum Gasteiger partial charge on any atom is -0.352 e. The summed E-state index contributed by atoms with van der Waals surface area (Å²) >= 11 is 25.0. The lowest BCUT2D eigenvalue weighted by molar-refractivity contribution is -0.139. The van der Waals surface area contributed by atoms with E-state index >= 15 is 0 Å². The fourth-order valence-corrected chi connectivity index (χ4v) is 5.00. The smallest absolute Gasteiger partial charge is 0.244 e. The van der Waals surface area contributed by atoms with Gasteiger partial charge in [0.25, 0.3) is 0 Å². The number of rotatable bonds is 10. The number of nitrogens with one attached hydrogen (secondary N) is 1. The highest BCUT2D eigenvalue weighted by atomic mass is 35.5. The van der Waals surface area contributed by atoms with Crippen LogP contribution in [0.15, 0.2) is 36.4 Å². The lowest BCUT2D eigenvalue weighted by atomic mass is 10.1. The molecule has 0 spiro atoms.